The summed E-state index contributed by atoms with van der Waals surface area (Å²) in [6.07, 6.45) is 2.71. The summed E-state index contributed by atoms with van der Waals surface area (Å²) in [5.74, 6) is 1.30. The molecule has 3 N–H and O–H groups in total. The standard InChI is InChI=1S/C18H25N3O3.ClH/c1-3-15-18(23)21-14-7-6-13(8-16(14)24-15)11(2)20-17(22)10-19-9-12-4-5-12;/h6-8,11-12,15,19H,3-5,9-10H2,1-2H3,(H,20,22)(H,21,23);1H. The van der Waals surface area contributed by atoms with E-state index in [0.717, 1.165) is 18.0 Å². The second-order valence-electron chi connectivity index (χ2n) is 6.62. The van der Waals surface area contributed by atoms with Crippen molar-refractivity contribution in [3.8, 4) is 5.75 Å². The van der Waals surface area contributed by atoms with Crippen LogP contribution in [0.3, 0.4) is 0 Å². The minimum absolute atomic E-state index is 0. The quantitative estimate of drug-likeness (QED) is 0.691. The van der Waals surface area contributed by atoms with Crippen LogP contribution < -0.4 is 20.7 Å². The highest BCUT2D eigenvalue weighted by atomic mass is 35.5. The average molecular weight is 368 g/mol. The van der Waals surface area contributed by atoms with E-state index >= 15 is 0 Å². The van der Waals surface area contributed by atoms with Crippen LogP contribution >= 0.6 is 12.4 Å². The van der Waals surface area contributed by atoms with E-state index in [0.29, 0.717) is 24.4 Å². The van der Waals surface area contributed by atoms with Gasteiger partial charge < -0.3 is 20.7 Å². The van der Waals surface area contributed by atoms with Gasteiger partial charge in [-0.1, -0.05) is 13.0 Å². The Morgan fingerprint density at radius 2 is 2.16 bits per heavy atom. The fraction of sp³-hybridized carbons (Fsp3) is 0.556. The molecule has 7 heteroatoms. The predicted molar refractivity (Wildman–Crippen MR) is 99.2 cm³/mol. The molecule has 1 fully saturated rings. The van der Waals surface area contributed by atoms with Gasteiger partial charge in [0.25, 0.3) is 5.91 Å². The third kappa shape index (κ3) is 5.09. The van der Waals surface area contributed by atoms with Crippen molar-refractivity contribution in [2.45, 2.75) is 45.3 Å². The van der Waals surface area contributed by atoms with Gasteiger partial charge in [-0.2, -0.15) is 0 Å². The molecule has 1 aromatic rings. The molecule has 0 radical (unpaired) electrons. The molecule has 1 aliphatic carbocycles. The summed E-state index contributed by atoms with van der Waals surface area (Å²) in [6, 6.07) is 5.49. The number of benzene rings is 1. The lowest BCUT2D eigenvalue weighted by Crippen LogP contribution is -2.37. The molecule has 0 bridgehead atoms. The van der Waals surface area contributed by atoms with Gasteiger partial charge in [0.15, 0.2) is 6.10 Å². The van der Waals surface area contributed by atoms with Crippen molar-refractivity contribution in [1.29, 1.82) is 0 Å². The van der Waals surface area contributed by atoms with Crippen LogP contribution in [0, 0.1) is 5.92 Å². The number of amides is 2. The number of halogens is 1. The summed E-state index contributed by atoms with van der Waals surface area (Å²) < 4.78 is 5.75. The molecule has 1 aromatic carbocycles. The summed E-state index contributed by atoms with van der Waals surface area (Å²) in [6.45, 7) is 5.12. The first-order chi connectivity index (χ1) is 11.6. The van der Waals surface area contributed by atoms with Gasteiger partial charge in [-0.15, -0.1) is 12.4 Å². The van der Waals surface area contributed by atoms with Crippen molar-refractivity contribution in [3.63, 3.8) is 0 Å². The molecule has 2 amide bonds. The molecular weight excluding hydrogens is 342 g/mol. The summed E-state index contributed by atoms with van der Waals surface area (Å²) >= 11 is 0. The molecule has 6 nitrogen and oxygen atoms in total. The Labute approximate surface area is 154 Å². The first-order valence-electron chi connectivity index (χ1n) is 8.68. The van der Waals surface area contributed by atoms with Gasteiger partial charge in [0.1, 0.15) is 5.75 Å². The number of anilines is 1. The monoisotopic (exact) mass is 367 g/mol. The van der Waals surface area contributed by atoms with E-state index in [-0.39, 0.29) is 30.3 Å². The second kappa shape index (κ2) is 8.54. The lowest BCUT2D eigenvalue weighted by Gasteiger charge is -2.26. The number of hydrogen-bond donors (Lipinski definition) is 3. The number of nitrogens with one attached hydrogen (secondary N) is 3. The maximum atomic E-state index is 12.0. The fourth-order valence-corrected chi connectivity index (χ4v) is 2.79. The molecule has 0 spiro atoms. The average Bonchev–Trinajstić information content (AvgIpc) is 3.38. The number of ether oxygens (including phenoxy) is 1. The lowest BCUT2D eigenvalue weighted by molar-refractivity contribution is -0.123. The topological polar surface area (TPSA) is 79.5 Å². The highest BCUT2D eigenvalue weighted by Gasteiger charge is 2.26. The zero-order valence-electron chi connectivity index (χ0n) is 14.6. The van der Waals surface area contributed by atoms with E-state index in [1.165, 1.54) is 12.8 Å². The Balaban J connectivity index is 0.00000225. The van der Waals surface area contributed by atoms with Gasteiger partial charge >= 0.3 is 0 Å². The van der Waals surface area contributed by atoms with Gasteiger partial charge in [0.05, 0.1) is 18.3 Å². The first kappa shape index (κ1) is 19.5. The van der Waals surface area contributed by atoms with Crippen molar-refractivity contribution in [2.75, 3.05) is 18.4 Å². The molecule has 2 unspecified atom stereocenters. The number of hydrogen-bond acceptors (Lipinski definition) is 4. The fourth-order valence-electron chi connectivity index (χ4n) is 2.79. The molecule has 3 rings (SSSR count). The summed E-state index contributed by atoms with van der Waals surface area (Å²) in [7, 11) is 0. The van der Waals surface area contributed by atoms with E-state index < -0.39 is 6.10 Å². The minimum Gasteiger partial charge on any atom is -0.478 e. The highest BCUT2D eigenvalue weighted by Crippen LogP contribution is 2.33. The molecule has 0 aromatic heterocycles. The van der Waals surface area contributed by atoms with Crippen LogP contribution in [0.1, 0.15) is 44.7 Å². The molecule has 0 saturated heterocycles. The highest BCUT2D eigenvalue weighted by molar-refractivity contribution is 5.97. The van der Waals surface area contributed by atoms with Gasteiger partial charge in [-0.25, -0.2) is 0 Å². The summed E-state index contributed by atoms with van der Waals surface area (Å²) in [5, 5.41) is 9.03. The number of carbonyl (C=O) groups excluding carboxylic acids is 2. The Morgan fingerprint density at radius 1 is 1.40 bits per heavy atom. The van der Waals surface area contributed by atoms with Crippen molar-refractivity contribution in [1.82, 2.24) is 10.6 Å². The Morgan fingerprint density at radius 3 is 2.84 bits per heavy atom. The molecule has 1 saturated carbocycles. The Kier molecular flexibility index (Phi) is 6.67. The van der Waals surface area contributed by atoms with E-state index in [9.17, 15) is 9.59 Å². The largest absolute Gasteiger partial charge is 0.478 e. The van der Waals surface area contributed by atoms with Crippen molar-refractivity contribution >= 4 is 29.9 Å². The zero-order valence-corrected chi connectivity index (χ0v) is 15.4. The maximum absolute atomic E-state index is 12.0. The molecule has 138 valence electrons. The SMILES string of the molecule is CCC1Oc2cc(C(C)NC(=O)CNCC3CC3)ccc2NC1=O.Cl. The molecule has 2 aliphatic rings. The van der Waals surface area contributed by atoms with Gasteiger partial charge in [0.2, 0.25) is 5.91 Å². The second-order valence-corrected chi connectivity index (χ2v) is 6.62. The smallest absolute Gasteiger partial charge is 0.265 e. The van der Waals surface area contributed by atoms with Crippen LogP contribution in [-0.2, 0) is 9.59 Å². The number of fused-ring (bicyclic) bond motifs is 1. The van der Waals surface area contributed by atoms with Gasteiger partial charge in [-0.3, -0.25) is 9.59 Å². The Hall–Kier alpha value is -1.79. The molecule has 1 aliphatic heterocycles. The number of rotatable bonds is 7. The van der Waals surface area contributed by atoms with Crippen LogP contribution in [0.15, 0.2) is 18.2 Å². The molecule has 2 atom stereocenters. The van der Waals surface area contributed by atoms with Crippen LogP contribution in [0.4, 0.5) is 5.69 Å². The van der Waals surface area contributed by atoms with E-state index in [4.69, 9.17) is 4.74 Å². The van der Waals surface area contributed by atoms with Gasteiger partial charge in [0, 0.05) is 0 Å². The predicted octanol–water partition coefficient (Wildman–Crippen LogP) is 2.39. The summed E-state index contributed by atoms with van der Waals surface area (Å²) in [4.78, 5) is 23.8. The minimum atomic E-state index is -0.454. The maximum Gasteiger partial charge on any atom is 0.265 e. The van der Waals surface area contributed by atoms with Crippen LogP contribution in [0.2, 0.25) is 0 Å². The molecular formula is C18H26ClN3O3. The normalized spacial score (nSPS) is 19.8. The van der Waals surface area contributed by atoms with Crippen LogP contribution in [0.5, 0.6) is 5.75 Å². The summed E-state index contributed by atoms with van der Waals surface area (Å²) in [5.41, 5.74) is 1.63. The molecule has 1 heterocycles. The van der Waals surface area contributed by atoms with Crippen molar-refractivity contribution in [3.05, 3.63) is 23.8 Å². The Bertz CT molecular complexity index is 634. The first-order valence-corrected chi connectivity index (χ1v) is 8.68. The van der Waals surface area contributed by atoms with E-state index in [1.807, 2.05) is 32.0 Å². The zero-order chi connectivity index (χ0) is 17.1. The van der Waals surface area contributed by atoms with Crippen LogP contribution in [-0.4, -0.2) is 31.0 Å². The van der Waals surface area contributed by atoms with E-state index in [1.54, 1.807) is 0 Å². The number of carbonyl (C=O) groups is 2. The van der Waals surface area contributed by atoms with Crippen molar-refractivity contribution in [2.24, 2.45) is 5.92 Å². The van der Waals surface area contributed by atoms with E-state index in [2.05, 4.69) is 16.0 Å². The van der Waals surface area contributed by atoms with Crippen LogP contribution in [0.25, 0.3) is 0 Å². The third-order valence-electron chi connectivity index (χ3n) is 4.49. The third-order valence-corrected chi connectivity index (χ3v) is 4.49. The van der Waals surface area contributed by atoms with Gasteiger partial charge in [-0.05, 0) is 56.3 Å². The molecule has 25 heavy (non-hydrogen) atoms. The van der Waals surface area contributed by atoms with Crippen molar-refractivity contribution < 1.29 is 14.3 Å². The lowest BCUT2D eigenvalue weighted by atomic mass is 10.1.